The Hall–Kier alpha value is -0.436. The van der Waals surface area contributed by atoms with Crippen LogP contribution in [-0.4, -0.2) is 51.9 Å². The van der Waals surface area contributed by atoms with Gasteiger partial charge in [-0.15, -0.1) is 11.8 Å². The van der Waals surface area contributed by atoms with Crippen molar-refractivity contribution in [2.45, 2.75) is 24.4 Å². The Kier molecular flexibility index (Phi) is 5.55. The van der Waals surface area contributed by atoms with Crippen molar-refractivity contribution in [2.75, 3.05) is 6.61 Å². The monoisotopic (exact) mass is 360 g/mol. The van der Waals surface area contributed by atoms with Crippen LogP contribution in [0.15, 0.2) is 11.0 Å². The van der Waals surface area contributed by atoms with E-state index in [0.29, 0.717) is 0 Å². The number of aliphatic hydroxyl groups is 1. The molecule has 0 aromatic heterocycles. The number of hydrogen-bond acceptors (Lipinski definition) is 6. The Labute approximate surface area is 138 Å². The van der Waals surface area contributed by atoms with Gasteiger partial charge in [-0.3, -0.25) is 9.59 Å². The molecule has 101 valence electrons. The summed E-state index contributed by atoms with van der Waals surface area (Å²) in [5.41, 5.74) is 0.214. The zero-order valence-corrected chi connectivity index (χ0v) is 13.7. The van der Waals surface area contributed by atoms with Crippen molar-refractivity contribution in [3.8, 4) is 0 Å². The minimum atomic E-state index is -1.43. The van der Waals surface area contributed by atoms with Crippen molar-refractivity contribution in [3.63, 3.8) is 0 Å². The number of fused-ring (bicyclic) bond motifs is 1. The number of aliphatic carboxylic acids is 1. The maximum atomic E-state index is 11.8. The Morgan fingerprint density at radius 3 is 2.68 bits per heavy atom. The number of carbonyl (C=O) groups is 3. The van der Waals surface area contributed by atoms with Gasteiger partial charge in [0.1, 0.15) is 11.4 Å². The SMILES string of the molecule is CC(=O)NC1C(=O)N2C(C(=O)[O-])C(CO)=CSC12.[Y]. The number of carbonyl (C=O) groups excluding carboxylic acids is 3. The molecule has 2 rings (SSSR count). The van der Waals surface area contributed by atoms with Crippen molar-refractivity contribution in [3.05, 3.63) is 11.0 Å². The van der Waals surface area contributed by atoms with Crippen LogP contribution in [0.2, 0.25) is 0 Å². The molecule has 2 aliphatic rings. The van der Waals surface area contributed by atoms with Gasteiger partial charge in [-0.1, -0.05) is 0 Å². The van der Waals surface area contributed by atoms with E-state index >= 15 is 0 Å². The molecule has 2 heterocycles. The number of aliphatic hydroxyl groups excluding tert-OH is 1. The van der Waals surface area contributed by atoms with Crippen LogP contribution in [0.1, 0.15) is 6.92 Å². The van der Waals surface area contributed by atoms with Gasteiger partial charge in [0, 0.05) is 39.6 Å². The summed E-state index contributed by atoms with van der Waals surface area (Å²) in [6.07, 6.45) is 0. The molecular formula is C10H11N2O5SY-. The number of hydrogen-bond donors (Lipinski definition) is 2. The fourth-order valence-electron chi connectivity index (χ4n) is 2.05. The number of amides is 2. The maximum Gasteiger partial charge on any atom is 0.250 e. The van der Waals surface area contributed by atoms with Gasteiger partial charge in [0.05, 0.1) is 18.6 Å². The molecule has 3 unspecified atom stereocenters. The Bertz CT molecular complexity index is 455. The van der Waals surface area contributed by atoms with Gasteiger partial charge in [-0.05, 0) is 11.0 Å². The molecule has 2 N–H and O–H groups in total. The fraction of sp³-hybridized carbons (Fsp3) is 0.500. The molecule has 0 saturated carbocycles. The first-order valence-electron chi connectivity index (χ1n) is 5.22. The van der Waals surface area contributed by atoms with Gasteiger partial charge in [-0.2, -0.15) is 0 Å². The minimum absolute atomic E-state index is 0. The Morgan fingerprint density at radius 2 is 2.21 bits per heavy atom. The molecule has 7 nitrogen and oxygen atoms in total. The quantitative estimate of drug-likeness (QED) is 0.534. The molecule has 1 fully saturated rings. The first-order chi connectivity index (χ1) is 8.47. The third-order valence-electron chi connectivity index (χ3n) is 2.83. The molecule has 0 bridgehead atoms. The maximum absolute atomic E-state index is 11.8. The van der Waals surface area contributed by atoms with Crippen molar-refractivity contribution in [1.29, 1.82) is 0 Å². The molecule has 0 aromatic carbocycles. The van der Waals surface area contributed by atoms with Crippen molar-refractivity contribution >= 4 is 29.5 Å². The van der Waals surface area contributed by atoms with E-state index in [4.69, 9.17) is 5.11 Å². The molecule has 19 heavy (non-hydrogen) atoms. The second-order valence-corrected chi connectivity index (χ2v) is 5.01. The molecule has 9 heteroatoms. The Balaban J connectivity index is 0.00000180. The molecule has 3 atom stereocenters. The summed E-state index contributed by atoms with van der Waals surface area (Å²) >= 11 is 1.20. The Morgan fingerprint density at radius 1 is 1.58 bits per heavy atom. The van der Waals surface area contributed by atoms with E-state index in [-0.39, 0.29) is 44.2 Å². The number of carboxylic acids is 1. The standard InChI is InChI=1S/C10H12N2O5S.Y/c1-4(14)11-6-8(15)12-7(10(16)17)5(2-13)3-18-9(6)12;/h3,6-7,9,13H,2H2,1H3,(H,11,14)(H,16,17);/p-1. The van der Waals surface area contributed by atoms with Gasteiger partial charge < -0.3 is 25.2 Å². The number of β-lactam (4-membered cyclic amide) rings is 1. The summed E-state index contributed by atoms with van der Waals surface area (Å²) in [6, 6.07) is -1.97. The molecule has 0 aliphatic carbocycles. The van der Waals surface area contributed by atoms with E-state index in [2.05, 4.69) is 5.32 Å². The molecule has 2 amide bonds. The summed E-state index contributed by atoms with van der Waals surface area (Å²) in [4.78, 5) is 34.9. The van der Waals surface area contributed by atoms with Gasteiger partial charge >= 0.3 is 0 Å². The zero-order valence-electron chi connectivity index (χ0n) is 10.0. The normalized spacial score (nSPS) is 28.5. The summed E-state index contributed by atoms with van der Waals surface area (Å²) < 4.78 is 0. The molecule has 1 radical (unpaired) electrons. The second-order valence-electron chi connectivity index (χ2n) is 4.02. The number of nitrogens with zero attached hydrogens (tertiary/aromatic N) is 1. The van der Waals surface area contributed by atoms with Crippen LogP contribution in [0.4, 0.5) is 0 Å². The van der Waals surface area contributed by atoms with Crippen LogP contribution in [0.5, 0.6) is 0 Å². The van der Waals surface area contributed by atoms with Crippen molar-refractivity contribution in [2.24, 2.45) is 0 Å². The topological polar surface area (TPSA) is 110 Å². The number of carboxylic acid groups (broad SMARTS) is 1. The fourth-order valence-corrected chi connectivity index (χ4v) is 3.26. The van der Waals surface area contributed by atoms with E-state index in [1.54, 1.807) is 0 Å². The summed E-state index contributed by atoms with van der Waals surface area (Å²) in [5, 5.41) is 23.6. The predicted molar refractivity (Wildman–Crippen MR) is 59.8 cm³/mol. The van der Waals surface area contributed by atoms with E-state index in [9.17, 15) is 19.5 Å². The van der Waals surface area contributed by atoms with E-state index < -0.39 is 35.9 Å². The average Bonchev–Trinajstić information content (AvgIpc) is 2.33. The molecule has 0 aromatic rings. The summed E-state index contributed by atoms with van der Waals surface area (Å²) in [7, 11) is 0. The third kappa shape index (κ3) is 2.86. The van der Waals surface area contributed by atoms with Crippen LogP contribution >= 0.6 is 11.8 Å². The van der Waals surface area contributed by atoms with Crippen LogP contribution in [0, 0.1) is 0 Å². The predicted octanol–water partition coefficient (Wildman–Crippen LogP) is -2.60. The number of nitrogens with one attached hydrogen (secondary N) is 1. The zero-order chi connectivity index (χ0) is 13.4. The van der Waals surface area contributed by atoms with Crippen LogP contribution in [0.25, 0.3) is 0 Å². The molecule has 0 spiro atoms. The van der Waals surface area contributed by atoms with Crippen LogP contribution < -0.4 is 10.4 Å². The van der Waals surface area contributed by atoms with E-state index in [1.807, 2.05) is 0 Å². The van der Waals surface area contributed by atoms with Gasteiger partial charge in [0.25, 0.3) is 0 Å². The molecule has 1 saturated heterocycles. The minimum Gasteiger partial charge on any atom is -0.548 e. The van der Waals surface area contributed by atoms with Gasteiger partial charge in [0.15, 0.2) is 0 Å². The smallest absolute Gasteiger partial charge is 0.250 e. The first kappa shape index (κ1) is 16.6. The number of rotatable bonds is 3. The molecule has 2 aliphatic heterocycles. The van der Waals surface area contributed by atoms with E-state index in [0.717, 1.165) is 4.90 Å². The van der Waals surface area contributed by atoms with Gasteiger partial charge in [0.2, 0.25) is 11.8 Å². The van der Waals surface area contributed by atoms with Crippen LogP contribution in [0.3, 0.4) is 0 Å². The van der Waals surface area contributed by atoms with Crippen LogP contribution in [-0.2, 0) is 47.1 Å². The van der Waals surface area contributed by atoms with Crippen molar-refractivity contribution in [1.82, 2.24) is 10.2 Å². The largest absolute Gasteiger partial charge is 0.548 e. The summed E-state index contributed by atoms with van der Waals surface area (Å²) in [6.45, 7) is 0.835. The first-order valence-corrected chi connectivity index (χ1v) is 6.17. The van der Waals surface area contributed by atoms with E-state index in [1.165, 1.54) is 24.1 Å². The molecular weight excluding hydrogens is 349 g/mol. The second kappa shape index (κ2) is 6.34. The van der Waals surface area contributed by atoms with Gasteiger partial charge in [-0.25, -0.2) is 0 Å². The van der Waals surface area contributed by atoms with Crippen molar-refractivity contribution < 1.29 is 57.3 Å². The summed E-state index contributed by atoms with van der Waals surface area (Å²) in [5.74, 6) is -2.26. The number of thioether (sulfide) groups is 1. The third-order valence-corrected chi connectivity index (χ3v) is 4.05. The average molecular weight is 360 g/mol.